The van der Waals surface area contributed by atoms with Crippen molar-refractivity contribution >= 4 is 34.5 Å². The molecule has 2 rings (SSSR count). The van der Waals surface area contributed by atoms with Crippen LogP contribution in [0.25, 0.3) is 0 Å². The Hall–Kier alpha value is -2.27. The summed E-state index contributed by atoms with van der Waals surface area (Å²) in [5.74, 6) is -0.332. The number of pyridine rings is 1. The van der Waals surface area contributed by atoms with Crippen molar-refractivity contribution in [1.29, 1.82) is 0 Å². The Morgan fingerprint density at radius 3 is 2.40 bits per heavy atom. The maximum Gasteiger partial charge on any atom is 0.283 e. The molecule has 0 aliphatic carbocycles. The van der Waals surface area contributed by atoms with Crippen molar-refractivity contribution in [3.8, 4) is 0 Å². The summed E-state index contributed by atoms with van der Waals surface area (Å²) in [6.07, 6.45) is 3.27. The second-order valence-corrected chi connectivity index (χ2v) is 4.83. The van der Waals surface area contributed by atoms with Gasteiger partial charge in [-0.1, -0.05) is 30.4 Å². The van der Waals surface area contributed by atoms with Gasteiger partial charge in [0, 0.05) is 11.9 Å². The fourth-order valence-corrected chi connectivity index (χ4v) is 1.98. The number of anilines is 2. The molecule has 102 valence electrons. The summed E-state index contributed by atoms with van der Waals surface area (Å²) in [5, 5.41) is 5.69. The molecule has 0 unspecified atom stereocenters. The lowest BCUT2D eigenvalue weighted by Crippen LogP contribution is -2.28. The van der Waals surface area contributed by atoms with E-state index in [1.165, 1.54) is 0 Å². The lowest BCUT2D eigenvalue weighted by atomic mass is 10.1. The van der Waals surface area contributed by atoms with E-state index in [9.17, 15) is 4.79 Å². The van der Waals surface area contributed by atoms with E-state index in [0.717, 1.165) is 16.8 Å². The number of hydrogen-bond donors (Lipinski definition) is 2. The molecule has 0 fully saturated rings. The topological polar surface area (TPSA) is 54.0 Å². The van der Waals surface area contributed by atoms with Crippen molar-refractivity contribution in [1.82, 2.24) is 4.98 Å². The number of aryl methyl sites for hydroxylation is 2. The molecule has 0 saturated heterocycles. The molecular formula is C15H15N3OS. The maximum atomic E-state index is 12.1. The molecule has 20 heavy (non-hydrogen) atoms. The first-order valence-electron chi connectivity index (χ1n) is 6.16. The second-order valence-electron chi connectivity index (χ2n) is 4.42. The molecule has 4 nitrogen and oxygen atoms in total. The number of hydrogen-bond acceptors (Lipinski definition) is 3. The highest BCUT2D eigenvalue weighted by atomic mass is 32.1. The second kappa shape index (κ2) is 6.25. The molecule has 2 aromatic rings. The number of carbonyl (C=O) groups excluding carboxylic acids is 1. The predicted octanol–water partition coefficient (Wildman–Crippen LogP) is 3.08. The number of para-hydroxylation sites is 1. The molecule has 5 heteroatoms. The summed E-state index contributed by atoms with van der Waals surface area (Å²) in [6.45, 7) is 3.89. The first-order valence-corrected chi connectivity index (χ1v) is 6.57. The molecule has 1 amide bonds. The van der Waals surface area contributed by atoms with Crippen LogP contribution in [-0.4, -0.2) is 15.9 Å². The van der Waals surface area contributed by atoms with Crippen LogP contribution in [0.5, 0.6) is 0 Å². The standard InChI is InChI=1S/C15H15N3OS/c1-10-5-3-6-11(2)13(10)18-14(19)15(20)17-12-7-4-8-16-9-12/h3-9H,1-2H3,(H,17,20)(H,18,19). The Morgan fingerprint density at radius 1 is 1.10 bits per heavy atom. The van der Waals surface area contributed by atoms with Crippen LogP contribution in [-0.2, 0) is 4.79 Å². The zero-order valence-electron chi connectivity index (χ0n) is 11.3. The van der Waals surface area contributed by atoms with Crippen molar-refractivity contribution in [2.24, 2.45) is 0 Å². The summed E-state index contributed by atoms with van der Waals surface area (Å²) in [7, 11) is 0. The molecule has 0 aliphatic heterocycles. The Balaban J connectivity index is 2.07. The van der Waals surface area contributed by atoms with Gasteiger partial charge in [-0.25, -0.2) is 0 Å². The fraction of sp³-hybridized carbons (Fsp3) is 0.133. The van der Waals surface area contributed by atoms with Crippen molar-refractivity contribution in [2.45, 2.75) is 13.8 Å². The summed E-state index contributed by atoms with van der Waals surface area (Å²) in [4.78, 5) is 16.2. The van der Waals surface area contributed by atoms with E-state index in [1.807, 2.05) is 32.0 Å². The Kier molecular flexibility index (Phi) is 4.42. The number of amides is 1. The van der Waals surface area contributed by atoms with Crippen molar-refractivity contribution in [3.05, 3.63) is 53.9 Å². The number of aromatic nitrogens is 1. The number of thiocarbonyl (C=S) groups is 1. The van der Waals surface area contributed by atoms with Gasteiger partial charge in [-0.3, -0.25) is 9.78 Å². The summed E-state index contributed by atoms with van der Waals surface area (Å²) >= 11 is 5.09. The van der Waals surface area contributed by atoms with E-state index in [0.29, 0.717) is 5.69 Å². The Labute approximate surface area is 123 Å². The van der Waals surface area contributed by atoms with Gasteiger partial charge >= 0.3 is 0 Å². The molecule has 0 radical (unpaired) electrons. The third-order valence-corrected chi connectivity index (χ3v) is 3.13. The minimum Gasteiger partial charge on any atom is -0.341 e. The predicted molar refractivity (Wildman–Crippen MR) is 85.0 cm³/mol. The average molecular weight is 285 g/mol. The van der Waals surface area contributed by atoms with Gasteiger partial charge in [-0.15, -0.1) is 0 Å². The quantitative estimate of drug-likeness (QED) is 0.833. The number of carbonyl (C=O) groups is 1. The molecule has 0 aliphatic rings. The molecule has 0 bridgehead atoms. The Morgan fingerprint density at radius 2 is 1.80 bits per heavy atom. The highest BCUT2D eigenvalue weighted by Gasteiger charge is 2.12. The van der Waals surface area contributed by atoms with E-state index in [2.05, 4.69) is 15.6 Å². The van der Waals surface area contributed by atoms with Crippen LogP contribution >= 0.6 is 12.2 Å². The van der Waals surface area contributed by atoms with Gasteiger partial charge in [-0.2, -0.15) is 0 Å². The first kappa shape index (κ1) is 14.1. The molecule has 1 heterocycles. The summed E-state index contributed by atoms with van der Waals surface area (Å²) in [5.41, 5.74) is 3.49. The Bertz CT molecular complexity index is 621. The first-order chi connectivity index (χ1) is 9.58. The zero-order chi connectivity index (χ0) is 14.5. The number of rotatable bonds is 2. The highest BCUT2D eigenvalue weighted by molar-refractivity contribution is 7.82. The molecule has 0 saturated carbocycles. The molecule has 2 N–H and O–H groups in total. The monoisotopic (exact) mass is 285 g/mol. The lowest BCUT2D eigenvalue weighted by Gasteiger charge is -2.12. The highest BCUT2D eigenvalue weighted by Crippen LogP contribution is 2.19. The lowest BCUT2D eigenvalue weighted by molar-refractivity contribution is -0.110. The van der Waals surface area contributed by atoms with Crippen LogP contribution in [0.3, 0.4) is 0 Å². The normalized spacial score (nSPS) is 9.90. The van der Waals surface area contributed by atoms with Crippen molar-refractivity contribution in [3.63, 3.8) is 0 Å². The minimum atomic E-state index is -0.332. The van der Waals surface area contributed by atoms with Gasteiger partial charge in [0.2, 0.25) is 0 Å². The van der Waals surface area contributed by atoms with Crippen LogP contribution in [0.1, 0.15) is 11.1 Å². The van der Waals surface area contributed by atoms with Crippen LogP contribution in [0, 0.1) is 13.8 Å². The SMILES string of the molecule is Cc1cccc(C)c1NC(=O)C(=S)Nc1cccnc1. The van der Waals surface area contributed by atoms with Gasteiger partial charge in [0.05, 0.1) is 11.9 Å². The van der Waals surface area contributed by atoms with E-state index < -0.39 is 0 Å². The van der Waals surface area contributed by atoms with Crippen LogP contribution in [0.4, 0.5) is 11.4 Å². The number of nitrogens with one attached hydrogen (secondary N) is 2. The minimum absolute atomic E-state index is 0.112. The third kappa shape index (κ3) is 3.39. The van der Waals surface area contributed by atoms with Crippen molar-refractivity contribution in [2.75, 3.05) is 10.6 Å². The van der Waals surface area contributed by atoms with Gasteiger partial charge in [-0.05, 0) is 37.1 Å². The van der Waals surface area contributed by atoms with Crippen molar-refractivity contribution < 1.29 is 4.79 Å². The van der Waals surface area contributed by atoms with E-state index in [-0.39, 0.29) is 10.9 Å². The number of nitrogens with zero attached hydrogens (tertiary/aromatic N) is 1. The maximum absolute atomic E-state index is 12.1. The largest absolute Gasteiger partial charge is 0.341 e. The molecule has 1 aromatic carbocycles. The van der Waals surface area contributed by atoms with Crippen LogP contribution in [0.15, 0.2) is 42.7 Å². The van der Waals surface area contributed by atoms with Crippen LogP contribution in [0.2, 0.25) is 0 Å². The summed E-state index contributed by atoms with van der Waals surface area (Å²) < 4.78 is 0. The average Bonchev–Trinajstić information content (AvgIpc) is 2.44. The summed E-state index contributed by atoms with van der Waals surface area (Å²) in [6, 6.07) is 9.41. The van der Waals surface area contributed by atoms with Gasteiger partial charge in [0.1, 0.15) is 0 Å². The smallest absolute Gasteiger partial charge is 0.283 e. The molecule has 0 atom stereocenters. The van der Waals surface area contributed by atoms with Gasteiger partial charge < -0.3 is 10.6 Å². The third-order valence-electron chi connectivity index (χ3n) is 2.85. The van der Waals surface area contributed by atoms with Crippen LogP contribution < -0.4 is 10.6 Å². The molecular weight excluding hydrogens is 270 g/mol. The number of benzene rings is 1. The molecule has 0 spiro atoms. The molecule has 1 aromatic heterocycles. The van der Waals surface area contributed by atoms with Gasteiger partial charge in [0.15, 0.2) is 4.99 Å². The van der Waals surface area contributed by atoms with E-state index in [4.69, 9.17) is 12.2 Å². The fourth-order valence-electron chi connectivity index (χ4n) is 1.81. The zero-order valence-corrected chi connectivity index (χ0v) is 12.1. The van der Waals surface area contributed by atoms with Gasteiger partial charge in [0.25, 0.3) is 5.91 Å². The van der Waals surface area contributed by atoms with E-state index >= 15 is 0 Å². The van der Waals surface area contributed by atoms with E-state index in [1.54, 1.807) is 24.5 Å².